The minimum Gasteiger partial charge on any atom is -0.444 e. The number of anilines is 1. The van der Waals surface area contributed by atoms with Crippen LogP contribution in [0.1, 0.15) is 130 Å². The van der Waals surface area contributed by atoms with Crippen molar-refractivity contribution >= 4 is 44.8 Å². The van der Waals surface area contributed by atoms with Crippen molar-refractivity contribution in [1.29, 1.82) is 0 Å². The number of alkyl carbamates (subject to hydrolysis) is 1. The SMILES string of the molecule is CC(C)n1nc(-c2cc(F)c(CS(=O)(=O)c3cccc(CF)c3)cc2F)c2c(N(C(=O)OC(C)(C)C)C(=O)OC(C)(C)C)ncc(C3CCC(NC(=O)OC(C)(C)C)CC3)c21. The lowest BCUT2D eigenvalue weighted by molar-refractivity contribution is 0.0425. The Bertz CT molecular complexity index is 2380. The highest BCUT2D eigenvalue weighted by molar-refractivity contribution is 7.90. The fourth-order valence-electron chi connectivity index (χ4n) is 7.09. The predicted octanol–water partition coefficient (Wildman–Crippen LogP) is 10.6. The highest BCUT2D eigenvalue weighted by Gasteiger charge is 2.39. The summed E-state index contributed by atoms with van der Waals surface area (Å²) in [5.41, 5.74) is -2.80. The smallest absolute Gasteiger partial charge is 0.425 e. The first-order valence-electron chi connectivity index (χ1n) is 20.2. The van der Waals surface area contributed by atoms with Crippen LogP contribution in [-0.4, -0.2) is 64.3 Å². The number of alkyl halides is 1. The van der Waals surface area contributed by atoms with E-state index in [-0.39, 0.29) is 39.3 Å². The number of ether oxygens (including phenoxy) is 3. The number of carbonyl (C=O) groups is 3. The van der Waals surface area contributed by atoms with Crippen LogP contribution in [0.4, 0.5) is 33.4 Å². The number of pyridine rings is 1. The van der Waals surface area contributed by atoms with E-state index >= 15 is 8.78 Å². The summed E-state index contributed by atoms with van der Waals surface area (Å²) < 4.78 is 91.3. The number of fused-ring (bicyclic) bond motifs is 1. The van der Waals surface area contributed by atoms with E-state index in [1.165, 1.54) is 24.4 Å². The summed E-state index contributed by atoms with van der Waals surface area (Å²) in [4.78, 5) is 45.7. The minimum atomic E-state index is -4.25. The maximum absolute atomic E-state index is 16.6. The zero-order valence-electron chi connectivity index (χ0n) is 36.6. The van der Waals surface area contributed by atoms with Gasteiger partial charge in [-0.05, 0) is 143 Å². The van der Waals surface area contributed by atoms with Gasteiger partial charge in [-0.3, -0.25) is 4.68 Å². The molecule has 3 amide bonds. The van der Waals surface area contributed by atoms with Crippen LogP contribution in [0.2, 0.25) is 0 Å². The molecule has 13 nitrogen and oxygen atoms in total. The molecule has 0 spiro atoms. The quantitative estimate of drug-likeness (QED) is 0.160. The lowest BCUT2D eigenvalue weighted by Crippen LogP contribution is -2.44. The molecule has 0 unspecified atom stereocenters. The number of nitrogens with one attached hydrogen (secondary N) is 1. The van der Waals surface area contributed by atoms with E-state index in [2.05, 4.69) is 10.3 Å². The number of aromatic nitrogens is 3. The summed E-state index contributed by atoms with van der Waals surface area (Å²) in [6, 6.07) is 6.15. The molecule has 2 aromatic heterocycles. The van der Waals surface area contributed by atoms with Gasteiger partial charge in [0, 0.05) is 29.4 Å². The zero-order valence-corrected chi connectivity index (χ0v) is 37.4. The van der Waals surface area contributed by atoms with Crippen LogP contribution < -0.4 is 10.2 Å². The van der Waals surface area contributed by atoms with Gasteiger partial charge < -0.3 is 19.5 Å². The summed E-state index contributed by atoms with van der Waals surface area (Å²) in [5.74, 6) is -3.56. The number of benzene rings is 2. The van der Waals surface area contributed by atoms with Crippen molar-refractivity contribution in [1.82, 2.24) is 20.1 Å². The van der Waals surface area contributed by atoms with Crippen LogP contribution >= 0.6 is 0 Å². The van der Waals surface area contributed by atoms with Crippen molar-refractivity contribution in [3.63, 3.8) is 0 Å². The van der Waals surface area contributed by atoms with Gasteiger partial charge in [0.2, 0.25) is 0 Å². The number of rotatable bonds is 9. The Labute approximate surface area is 355 Å². The third kappa shape index (κ3) is 11.4. The largest absolute Gasteiger partial charge is 0.444 e. The molecule has 0 radical (unpaired) electrons. The van der Waals surface area contributed by atoms with Gasteiger partial charge in [0.15, 0.2) is 15.7 Å². The van der Waals surface area contributed by atoms with Crippen molar-refractivity contribution in [2.24, 2.45) is 0 Å². The van der Waals surface area contributed by atoms with Crippen LogP contribution in [0.15, 0.2) is 47.5 Å². The molecule has 1 fully saturated rings. The molecule has 2 aromatic carbocycles. The summed E-state index contributed by atoms with van der Waals surface area (Å²) in [7, 11) is -4.25. The Balaban J connectivity index is 1.71. The Hall–Kier alpha value is -5.19. The second-order valence-electron chi connectivity index (χ2n) is 18.6. The van der Waals surface area contributed by atoms with Gasteiger partial charge in [-0.1, -0.05) is 12.1 Å². The number of halogens is 3. The van der Waals surface area contributed by atoms with Gasteiger partial charge >= 0.3 is 18.3 Å². The summed E-state index contributed by atoms with van der Waals surface area (Å²) in [5, 5.41) is 7.75. The molecule has 0 aliphatic heterocycles. The second kappa shape index (κ2) is 17.7. The minimum absolute atomic E-state index is 0.0126. The van der Waals surface area contributed by atoms with Crippen LogP contribution in [0.5, 0.6) is 0 Å². The number of carbonyl (C=O) groups excluding carboxylic acids is 3. The van der Waals surface area contributed by atoms with E-state index in [0.29, 0.717) is 41.7 Å². The molecule has 1 N–H and O–H groups in total. The standard InChI is InChI=1S/C44H56F3N5O8S/c1-25(2)52-37-32(27-15-17-29(18-16-27)49-39(53)58-42(3,4)5)23-48-38(51(40(54)59-43(6,7)8)41(55)60-44(9,10)11)35(37)36(50-52)31-21-33(46)28(20-34(31)47)24-61(56,57)30-14-12-13-26(19-30)22-45/h12-14,19-21,23,25,27,29H,15-18,22,24H2,1-11H3,(H,49,53). The number of nitrogens with zero attached hydrogens (tertiary/aromatic N) is 4. The maximum Gasteiger partial charge on any atom is 0.425 e. The molecule has 0 bridgehead atoms. The first-order valence-corrected chi connectivity index (χ1v) is 21.9. The lowest BCUT2D eigenvalue weighted by atomic mass is 9.81. The van der Waals surface area contributed by atoms with Gasteiger partial charge in [0.05, 0.1) is 21.6 Å². The van der Waals surface area contributed by atoms with Crippen LogP contribution in [0, 0.1) is 11.6 Å². The molecule has 1 aliphatic rings. The molecule has 0 atom stereocenters. The van der Waals surface area contributed by atoms with E-state index in [9.17, 15) is 27.2 Å². The maximum atomic E-state index is 16.6. The van der Waals surface area contributed by atoms with Crippen LogP contribution in [0.25, 0.3) is 22.2 Å². The van der Waals surface area contributed by atoms with Crippen molar-refractivity contribution in [3.05, 3.63) is 70.9 Å². The summed E-state index contributed by atoms with van der Waals surface area (Å²) in [6.45, 7) is 17.7. The van der Waals surface area contributed by atoms with E-state index in [1.54, 1.807) is 67.0 Å². The third-order valence-corrected chi connectivity index (χ3v) is 11.3. The Morgan fingerprint density at radius 1 is 0.869 bits per heavy atom. The molecular weight excluding hydrogens is 816 g/mol. The second-order valence-corrected chi connectivity index (χ2v) is 20.6. The highest BCUT2D eigenvalue weighted by Crippen LogP contribution is 2.44. The molecule has 4 aromatic rings. The van der Waals surface area contributed by atoms with Gasteiger partial charge in [0.1, 0.15) is 40.8 Å². The normalized spacial score (nSPS) is 16.4. The van der Waals surface area contributed by atoms with Crippen molar-refractivity contribution in [2.45, 2.75) is 154 Å². The van der Waals surface area contributed by atoms with Crippen molar-refractivity contribution in [3.8, 4) is 11.3 Å². The molecule has 17 heteroatoms. The molecule has 1 saturated carbocycles. The molecular formula is C44H56F3N5O8S. The Morgan fingerprint density at radius 3 is 2.00 bits per heavy atom. The van der Waals surface area contributed by atoms with Crippen LogP contribution in [0.3, 0.4) is 0 Å². The van der Waals surface area contributed by atoms with Gasteiger partial charge in [-0.25, -0.2) is 41.0 Å². The van der Waals surface area contributed by atoms with Crippen molar-refractivity contribution in [2.75, 3.05) is 4.90 Å². The van der Waals surface area contributed by atoms with Gasteiger partial charge in [-0.15, -0.1) is 0 Å². The van der Waals surface area contributed by atoms with E-state index < -0.39 is 86.2 Å². The molecule has 2 heterocycles. The summed E-state index contributed by atoms with van der Waals surface area (Å²) >= 11 is 0. The number of hydrogen-bond acceptors (Lipinski definition) is 10. The summed E-state index contributed by atoms with van der Waals surface area (Å²) in [6.07, 6.45) is 0.974. The Morgan fingerprint density at radius 2 is 1.46 bits per heavy atom. The highest BCUT2D eigenvalue weighted by atomic mass is 32.2. The average Bonchev–Trinajstić information content (AvgIpc) is 3.52. The van der Waals surface area contributed by atoms with E-state index in [1.807, 2.05) is 13.8 Å². The Kier molecular flexibility index (Phi) is 13.6. The fourth-order valence-corrected chi connectivity index (χ4v) is 8.50. The van der Waals surface area contributed by atoms with Gasteiger partial charge in [-0.2, -0.15) is 10.00 Å². The number of amides is 3. The lowest BCUT2D eigenvalue weighted by Gasteiger charge is -2.31. The predicted molar refractivity (Wildman–Crippen MR) is 225 cm³/mol. The van der Waals surface area contributed by atoms with E-state index in [4.69, 9.17) is 19.3 Å². The molecule has 5 rings (SSSR count). The average molecular weight is 872 g/mol. The monoisotopic (exact) mass is 871 g/mol. The van der Waals surface area contributed by atoms with Gasteiger partial charge in [0.25, 0.3) is 0 Å². The number of sulfone groups is 1. The number of imide groups is 1. The number of hydrogen-bond donors (Lipinski definition) is 1. The van der Waals surface area contributed by atoms with Crippen molar-refractivity contribution < 1.29 is 50.2 Å². The third-order valence-electron chi connectivity index (χ3n) is 9.62. The zero-order chi connectivity index (χ0) is 45.4. The fraction of sp³-hybridized carbons (Fsp3) is 0.523. The first-order chi connectivity index (χ1) is 28.2. The van der Waals surface area contributed by atoms with E-state index in [0.717, 1.165) is 18.2 Å². The first kappa shape index (κ1) is 46.9. The van der Waals surface area contributed by atoms with Crippen LogP contribution in [-0.2, 0) is 36.5 Å². The molecule has 0 saturated heterocycles. The molecule has 61 heavy (non-hydrogen) atoms. The molecule has 1 aliphatic carbocycles. The topological polar surface area (TPSA) is 159 Å². The molecule has 332 valence electrons.